The maximum absolute atomic E-state index is 12.3. The van der Waals surface area contributed by atoms with Crippen LogP contribution in [0.4, 0.5) is 0 Å². The number of carbonyl (C=O) groups excluding carboxylic acids is 2. The van der Waals surface area contributed by atoms with Gasteiger partial charge >= 0.3 is 0 Å². The van der Waals surface area contributed by atoms with Gasteiger partial charge in [-0.05, 0) is 31.5 Å². The second-order valence-corrected chi connectivity index (χ2v) is 4.86. The summed E-state index contributed by atoms with van der Waals surface area (Å²) in [7, 11) is 1.54. The van der Waals surface area contributed by atoms with Crippen molar-refractivity contribution in [2.24, 2.45) is 0 Å². The molecule has 21 heavy (non-hydrogen) atoms. The molecule has 116 valence electrons. The SMILES string of the molecule is CCCN(CCO)C(=O)Cc1cc(C(C)=O)ccc1OC. The normalized spacial score (nSPS) is 10.3. The highest BCUT2D eigenvalue weighted by molar-refractivity contribution is 5.94. The van der Waals surface area contributed by atoms with Gasteiger partial charge in [-0.3, -0.25) is 9.59 Å². The molecule has 0 spiro atoms. The molecule has 0 heterocycles. The van der Waals surface area contributed by atoms with Crippen molar-refractivity contribution in [3.63, 3.8) is 0 Å². The van der Waals surface area contributed by atoms with Crippen LogP contribution in [0, 0.1) is 0 Å². The minimum absolute atomic E-state index is 0.0490. The Balaban J connectivity index is 2.95. The predicted molar refractivity (Wildman–Crippen MR) is 80.7 cm³/mol. The average Bonchev–Trinajstić information content (AvgIpc) is 2.46. The van der Waals surface area contributed by atoms with Crippen LogP contribution in [0.1, 0.15) is 36.2 Å². The number of Topliss-reactive ketones (excluding diaryl/α,β-unsaturated/α-hetero) is 1. The van der Waals surface area contributed by atoms with Gasteiger partial charge in [0.25, 0.3) is 0 Å². The second kappa shape index (κ2) is 8.42. The molecule has 0 radical (unpaired) electrons. The fraction of sp³-hybridized carbons (Fsp3) is 0.500. The van der Waals surface area contributed by atoms with Crippen LogP contribution >= 0.6 is 0 Å². The Morgan fingerprint density at radius 2 is 2.00 bits per heavy atom. The molecule has 0 aliphatic rings. The highest BCUT2D eigenvalue weighted by atomic mass is 16.5. The summed E-state index contributed by atoms with van der Waals surface area (Å²) < 4.78 is 5.25. The molecule has 5 nitrogen and oxygen atoms in total. The predicted octanol–water partition coefficient (Wildman–Crippen LogP) is 1.67. The molecule has 1 aromatic carbocycles. The number of hydrogen-bond acceptors (Lipinski definition) is 4. The lowest BCUT2D eigenvalue weighted by Crippen LogP contribution is -2.35. The first-order chi connectivity index (χ1) is 10.0. The Bertz CT molecular complexity index is 493. The minimum atomic E-state index is -0.0788. The fourth-order valence-electron chi connectivity index (χ4n) is 2.16. The van der Waals surface area contributed by atoms with E-state index >= 15 is 0 Å². The molecule has 0 fully saturated rings. The van der Waals surface area contributed by atoms with Gasteiger partial charge in [0.05, 0.1) is 20.1 Å². The molecule has 0 aromatic heterocycles. The average molecular weight is 293 g/mol. The summed E-state index contributed by atoms with van der Waals surface area (Å²) in [5.74, 6) is 0.464. The Morgan fingerprint density at radius 1 is 1.29 bits per heavy atom. The Labute approximate surface area is 125 Å². The minimum Gasteiger partial charge on any atom is -0.496 e. The lowest BCUT2D eigenvalue weighted by Gasteiger charge is -2.21. The molecule has 0 unspecified atom stereocenters. The molecule has 1 amide bonds. The van der Waals surface area contributed by atoms with Crippen LogP contribution in [0.15, 0.2) is 18.2 Å². The van der Waals surface area contributed by atoms with E-state index in [1.165, 1.54) is 14.0 Å². The van der Waals surface area contributed by atoms with Gasteiger partial charge in [-0.25, -0.2) is 0 Å². The third-order valence-corrected chi connectivity index (χ3v) is 3.24. The summed E-state index contributed by atoms with van der Waals surface area (Å²) in [6, 6.07) is 5.09. The summed E-state index contributed by atoms with van der Waals surface area (Å²) in [5, 5.41) is 9.03. The number of hydrogen-bond donors (Lipinski definition) is 1. The van der Waals surface area contributed by atoms with Crippen molar-refractivity contribution in [3.8, 4) is 5.75 Å². The molecule has 0 saturated heterocycles. The van der Waals surface area contributed by atoms with Gasteiger partial charge in [0.15, 0.2) is 5.78 Å². The van der Waals surface area contributed by atoms with Crippen molar-refractivity contribution in [2.45, 2.75) is 26.7 Å². The molecular formula is C16H23NO4. The van der Waals surface area contributed by atoms with E-state index < -0.39 is 0 Å². The number of nitrogens with zero attached hydrogens (tertiary/aromatic N) is 1. The number of aliphatic hydroxyl groups is 1. The Hall–Kier alpha value is -1.88. The van der Waals surface area contributed by atoms with E-state index in [1.54, 1.807) is 23.1 Å². The lowest BCUT2D eigenvalue weighted by molar-refractivity contribution is -0.131. The molecule has 0 aliphatic heterocycles. The van der Waals surface area contributed by atoms with Gasteiger partial charge in [0.2, 0.25) is 5.91 Å². The van der Waals surface area contributed by atoms with Crippen LogP contribution in [0.5, 0.6) is 5.75 Å². The standard InChI is InChI=1S/C16H23NO4/c1-4-7-17(8-9-18)16(20)11-14-10-13(12(2)19)5-6-15(14)21-3/h5-6,10,18H,4,7-9,11H2,1-3H3. The van der Waals surface area contributed by atoms with Crippen molar-refractivity contribution in [1.29, 1.82) is 0 Å². The van der Waals surface area contributed by atoms with Crippen LogP contribution in [0.2, 0.25) is 0 Å². The molecule has 5 heteroatoms. The first kappa shape index (κ1) is 17.2. The van der Waals surface area contributed by atoms with Crippen molar-refractivity contribution < 1.29 is 19.4 Å². The third-order valence-electron chi connectivity index (χ3n) is 3.24. The fourth-order valence-corrected chi connectivity index (χ4v) is 2.16. The maximum Gasteiger partial charge on any atom is 0.227 e. The molecule has 0 bridgehead atoms. The number of ether oxygens (including phenoxy) is 1. The van der Waals surface area contributed by atoms with Crippen LogP contribution in [-0.4, -0.2) is 48.5 Å². The van der Waals surface area contributed by atoms with Gasteiger partial charge in [-0.15, -0.1) is 0 Å². The van der Waals surface area contributed by atoms with E-state index in [-0.39, 0.29) is 24.7 Å². The van der Waals surface area contributed by atoms with Crippen LogP contribution < -0.4 is 4.74 Å². The van der Waals surface area contributed by atoms with Crippen molar-refractivity contribution >= 4 is 11.7 Å². The van der Waals surface area contributed by atoms with Gasteiger partial charge in [0.1, 0.15) is 5.75 Å². The zero-order chi connectivity index (χ0) is 15.8. The van der Waals surface area contributed by atoms with E-state index in [0.29, 0.717) is 30.0 Å². The number of rotatable bonds is 8. The molecule has 1 N–H and O–H groups in total. The van der Waals surface area contributed by atoms with Gasteiger partial charge < -0.3 is 14.7 Å². The monoisotopic (exact) mass is 293 g/mol. The summed E-state index contributed by atoms with van der Waals surface area (Å²) in [6.07, 6.45) is 0.987. The highest BCUT2D eigenvalue weighted by Gasteiger charge is 2.16. The number of aliphatic hydroxyl groups excluding tert-OH is 1. The quantitative estimate of drug-likeness (QED) is 0.740. The number of ketones is 1. The van der Waals surface area contributed by atoms with Crippen molar-refractivity contribution in [1.82, 2.24) is 4.90 Å². The first-order valence-corrected chi connectivity index (χ1v) is 7.10. The third kappa shape index (κ3) is 4.86. The van der Waals surface area contributed by atoms with Gasteiger partial charge in [-0.2, -0.15) is 0 Å². The van der Waals surface area contributed by atoms with Crippen molar-refractivity contribution in [2.75, 3.05) is 26.8 Å². The zero-order valence-electron chi connectivity index (χ0n) is 12.9. The summed E-state index contributed by atoms with van der Waals surface area (Å²) in [6.45, 7) is 4.34. The molecule has 1 rings (SSSR count). The van der Waals surface area contributed by atoms with E-state index in [4.69, 9.17) is 9.84 Å². The molecular weight excluding hydrogens is 270 g/mol. The van der Waals surface area contributed by atoms with Crippen LogP contribution in [0.25, 0.3) is 0 Å². The number of methoxy groups -OCH3 is 1. The molecule has 0 saturated carbocycles. The topological polar surface area (TPSA) is 66.8 Å². The smallest absolute Gasteiger partial charge is 0.227 e. The number of carbonyl (C=O) groups is 2. The summed E-state index contributed by atoms with van der Waals surface area (Å²) in [5.41, 5.74) is 1.25. The van der Waals surface area contributed by atoms with Crippen LogP contribution in [-0.2, 0) is 11.2 Å². The van der Waals surface area contributed by atoms with E-state index in [0.717, 1.165) is 6.42 Å². The van der Waals surface area contributed by atoms with Crippen LogP contribution in [0.3, 0.4) is 0 Å². The zero-order valence-corrected chi connectivity index (χ0v) is 12.9. The first-order valence-electron chi connectivity index (χ1n) is 7.10. The number of amides is 1. The lowest BCUT2D eigenvalue weighted by atomic mass is 10.0. The van der Waals surface area contributed by atoms with Gasteiger partial charge in [-0.1, -0.05) is 6.92 Å². The van der Waals surface area contributed by atoms with E-state index in [2.05, 4.69) is 0 Å². The molecule has 1 aromatic rings. The maximum atomic E-state index is 12.3. The largest absolute Gasteiger partial charge is 0.496 e. The molecule has 0 atom stereocenters. The van der Waals surface area contributed by atoms with Crippen molar-refractivity contribution in [3.05, 3.63) is 29.3 Å². The van der Waals surface area contributed by atoms with E-state index in [1.807, 2.05) is 6.92 Å². The summed E-state index contributed by atoms with van der Waals surface area (Å²) >= 11 is 0. The number of benzene rings is 1. The summed E-state index contributed by atoms with van der Waals surface area (Å²) in [4.78, 5) is 25.4. The highest BCUT2D eigenvalue weighted by Crippen LogP contribution is 2.21. The Morgan fingerprint density at radius 3 is 2.52 bits per heavy atom. The Kier molecular flexibility index (Phi) is 6.88. The second-order valence-electron chi connectivity index (χ2n) is 4.86. The van der Waals surface area contributed by atoms with E-state index in [9.17, 15) is 9.59 Å². The molecule has 0 aliphatic carbocycles. The van der Waals surface area contributed by atoms with Gasteiger partial charge in [0, 0.05) is 24.2 Å².